The highest BCUT2D eigenvalue weighted by Crippen LogP contribution is 2.24. The molecule has 0 amide bonds. The Bertz CT molecular complexity index is 631. The van der Waals surface area contributed by atoms with E-state index in [2.05, 4.69) is 23.8 Å². The second-order valence-electron chi connectivity index (χ2n) is 5.00. The van der Waals surface area contributed by atoms with Gasteiger partial charge in [0.2, 0.25) is 0 Å². The van der Waals surface area contributed by atoms with Crippen molar-refractivity contribution in [1.82, 2.24) is 10.8 Å². The monoisotopic (exact) mass is 318 g/mol. The van der Waals surface area contributed by atoms with Crippen LogP contribution in [0.5, 0.6) is 5.75 Å². The molecule has 0 spiro atoms. The van der Waals surface area contributed by atoms with Gasteiger partial charge in [0.25, 0.3) is 0 Å². The molecule has 0 saturated heterocycles. The Balaban J connectivity index is 1.95. The zero-order chi connectivity index (χ0) is 15.8. The molecular weight excluding hydrogens is 296 g/mol. The Morgan fingerprint density at radius 3 is 2.86 bits per heavy atom. The van der Waals surface area contributed by atoms with Crippen LogP contribution >= 0.6 is 12.2 Å². The Hall–Kier alpha value is -1.85. The minimum atomic E-state index is 0.431. The minimum Gasteiger partial charge on any atom is -0.497 e. The van der Waals surface area contributed by atoms with Gasteiger partial charge < -0.3 is 10.1 Å². The summed E-state index contributed by atoms with van der Waals surface area (Å²) in [7, 11) is 1.67. The van der Waals surface area contributed by atoms with Gasteiger partial charge in [-0.2, -0.15) is 0 Å². The van der Waals surface area contributed by atoms with E-state index in [0.29, 0.717) is 11.7 Å². The third-order valence-electron chi connectivity index (χ3n) is 3.39. The Labute approximate surface area is 136 Å². The van der Waals surface area contributed by atoms with Gasteiger partial charge in [0.1, 0.15) is 12.4 Å². The molecule has 5 heteroatoms. The van der Waals surface area contributed by atoms with Gasteiger partial charge in [-0.05, 0) is 47.1 Å². The van der Waals surface area contributed by atoms with Crippen LogP contribution in [0.1, 0.15) is 25.3 Å². The predicted octanol–water partition coefficient (Wildman–Crippen LogP) is 3.54. The number of thiocarbonyl (C=S) groups is 1. The molecule has 0 aliphatic heterocycles. The maximum Gasteiger partial charge on any atom is 0.190 e. The third kappa shape index (κ3) is 4.58. The zero-order valence-corrected chi connectivity index (χ0v) is 13.8. The van der Waals surface area contributed by atoms with Crippen molar-refractivity contribution in [2.24, 2.45) is 0 Å². The van der Waals surface area contributed by atoms with E-state index in [0.717, 1.165) is 41.5 Å². The molecule has 4 nitrogen and oxygen atoms in total. The fourth-order valence-corrected chi connectivity index (χ4v) is 2.32. The number of hydroxylamine groups is 1. The van der Waals surface area contributed by atoms with Crippen LogP contribution in [0.25, 0.3) is 10.8 Å². The summed E-state index contributed by atoms with van der Waals surface area (Å²) in [6.07, 6.45) is 2.22. The second-order valence-corrected chi connectivity index (χ2v) is 5.41. The highest BCUT2D eigenvalue weighted by atomic mass is 32.1. The highest BCUT2D eigenvalue weighted by Gasteiger charge is 2.03. The van der Waals surface area contributed by atoms with Crippen LogP contribution in [0.4, 0.5) is 0 Å². The molecule has 2 aromatic rings. The first-order chi connectivity index (χ1) is 10.7. The largest absolute Gasteiger partial charge is 0.497 e. The molecule has 118 valence electrons. The minimum absolute atomic E-state index is 0.431. The first-order valence-corrected chi connectivity index (χ1v) is 7.86. The summed E-state index contributed by atoms with van der Waals surface area (Å²) < 4.78 is 5.29. The number of unbranched alkanes of at least 4 members (excludes halogenated alkanes) is 1. The van der Waals surface area contributed by atoms with E-state index in [-0.39, 0.29) is 0 Å². The first kappa shape index (κ1) is 16.5. The van der Waals surface area contributed by atoms with Crippen LogP contribution in [0.2, 0.25) is 0 Å². The van der Waals surface area contributed by atoms with Crippen LogP contribution in [0.3, 0.4) is 0 Å². The van der Waals surface area contributed by atoms with E-state index in [1.165, 1.54) is 0 Å². The van der Waals surface area contributed by atoms with Crippen molar-refractivity contribution in [3.05, 3.63) is 42.0 Å². The van der Waals surface area contributed by atoms with Crippen molar-refractivity contribution in [1.29, 1.82) is 0 Å². The lowest BCUT2D eigenvalue weighted by atomic mass is 10.0. The van der Waals surface area contributed by atoms with Crippen LogP contribution < -0.4 is 15.5 Å². The molecule has 0 aliphatic rings. The van der Waals surface area contributed by atoms with Gasteiger partial charge in [0.05, 0.1) is 7.11 Å². The number of hydrogen-bond acceptors (Lipinski definition) is 3. The average molecular weight is 318 g/mol. The van der Waals surface area contributed by atoms with Gasteiger partial charge >= 0.3 is 0 Å². The number of hydrogen-bond donors (Lipinski definition) is 2. The summed E-state index contributed by atoms with van der Waals surface area (Å²) in [5, 5.41) is 5.90. The van der Waals surface area contributed by atoms with Gasteiger partial charge in [0, 0.05) is 6.54 Å². The summed E-state index contributed by atoms with van der Waals surface area (Å²) in [6.45, 7) is 3.43. The lowest BCUT2D eigenvalue weighted by Gasteiger charge is -2.12. The highest BCUT2D eigenvalue weighted by molar-refractivity contribution is 7.80. The van der Waals surface area contributed by atoms with E-state index in [1.807, 2.05) is 30.3 Å². The summed E-state index contributed by atoms with van der Waals surface area (Å²) in [6, 6.07) is 12.1. The van der Waals surface area contributed by atoms with Crippen molar-refractivity contribution >= 4 is 28.1 Å². The van der Waals surface area contributed by atoms with Gasteiger partial charge in [-0.1, -0.05) is 37.6 Å². The van der Waals surface area contributed by atoms with Crippen LogP contribution in [-0.2, 0) is 11.4 Å². The number of methoxy groups -OCH3 is 1. The standard InChI is InChI=1S/C17H22N2O2S/c1-3-4-10-18-17(22)19-21-12-14-7-5-6-13-8-9-15(20-2)11-16(13)14/h5-9,11H,3-4,10,12H2,1-2H3,(H2,18,19,22). The van der Waals surface area contributed by atoms with E-state index >= 15 is 0 Å². The normalized spacial score (nSPS) is 10.5. The van der Waals surface area contributed by atoms with Gasteiger partial charge in [-0.3, -0.25) is 4.84 Å². The van der Waals surface area contributed by atoms with Crippen molar-refractivity contribution in [3.63, 3.8) is 0 Å². The smallest absolute Gasteiger partial charge is 0.190 e. The fraction of sp³-hybridized carbons (Fsp3) is 0.353. The topological polar surface area (TPSA) is 42.5 Å². The third-order valence-corrected chi connectivity index (χ3v) is 3.62. The molecule has 2 rings (SSSR count). The lowest BCUT2D eigenvalue weighted by molar-refractivity contribution is 0.0713. The molecule has 0 heterocycles. The Morgan fingerprint density at radius 1 is 1.23 bits per heavy atom. The summed E-state index contributed by atoms with van der Waals surface area (Å²) >= 11 is 5.15. The molecule has 22 heavy (non-hydrogen) atoms. The van der Waals surface area contributed by atoms with Crippen LogP contribution in [0, 0.1) is 0 Å². The fourth-order valence-electron chi connectivity index (χ4n) is 2.16. The van der Waals surface area contributed by atoms with Gasteiger partial charge in [-0.15, -0.1) is 0 Å². The molecule has 0 radical (unpaired) electrons. The summed E-state index contributed by atoms with van der Waals surface area (Å²) in [4.78, 5) is 5.50. The molecular formula is C17H22N2O2S. The maximum atomic E-state index is 5.50. The number of nitrogens with one attached hydrogen (secondary N) is 2. The quantitative estimate of drug-likeness (QED) is 0.464. The van der Waals surface area contributed by atoms with Crippen molar-refractivity contribution in [2.45, 2.75) is 26.4 Å². The second kappa shape index (κ2) is 8.56. The lowest BCUT2D eigenvalue weighted by Crippen LogP contribution is -2.35. The molecule has 0 saturated carbocycles. The van der Waals surface area contributed by atoms with Crippen molar-refractivity contribution < 1.29 is 9.57 Å². The first-order valence-electron chi connectivity index (χ1n) is 7.46. The SMILES string of the molecule is CCCCNC(=S)NOCc1cccc2ccc(OC)cc12. The van der Waals surface area contributed by atoms with Crippen LogP contribution in [0.15, 0.2) is 36.4 Å². The predicted molar refractivity (Wildman–Crippen MR) is 93.9 cm³/mol. The molecule has 0 aromatic heterocycles. The Kier molecular flexibility index (Phi) is 6.43. The van der Waals surface area contributed by atoms with E-state index in [4.69, 9.17) is 21.8 Å². The molecule has 0 aliphatic carbocycles. The molecule has 0 bridgehead atoms. The average Bonchev–Trinajstić information content (AvgIpc) is 2.55. The van der Waals surface area contributed by atoms with Crippen LogP contribution in [-0.4, -0.2) is 18.8 Å². The molecule has 0 unspecified atom stereocenters. The number of benzene rings is 2. The van der Waals surface area contributed by atoms with E-state index in [9.17, 15) is 0 Å². The molecule has 0 fully saturated rings. The number of ether oxygens (including phenoxy) is 1. The summed E-state index contributed by atoms with van der Waals surface area (Å²) in [5.41, 5.74) is 3.86. The molecule has 0 atom stereocenters. The van der Waals surface area contributed by atoms with Gasteiger partial charge in [-0.25, -0.2) is 5.48 Å². The van der Waals surface area contributed by atoms with E-state index < -0.39 is 0 Å². The molecule has 2 aromatic carbocycles. The number of rotatable bonds is 7. The summed E-state index contributed by atoms with van der Waals surface area (Å²) in [5.74, 6) is 0.838. The molecule has 2 N–H and O–H groups in total. The van der Waals surface area contributed by atoms with Gasteiger partial charge in [0.15, 0.2) is 5.11 Å². The van der Waals surface area contributed by atoms with Crippen molar-refractivity contribution in [2.75, 3.05) is 13.7 Å². The van der Waals surface area contributed by atoms with Crippen molar-refractivity contribution in [3.8, 4) is 5.75 Å². The number of fused-ring (bicyclic) bond motifs is 1. The van der Waals surface area contributed by atoms with E-state index in [1.54, 1.807) is 7.11 Å². The maximum absolute atomic E-state index is 5.50. The zero-order valence-electron chi connectivity index (χ0n) is 13.0. The Morgan fingerprint density at radius 2 is 2.09 bits per heavy atom.